The normalized spacial score (nSPS) is 11.1. The fraction of sp³-hybridized carbons (Fsp3) is 0.350. The van der Waals surface area contributed by atoms with Gasteiger partial charge < -0.3 is 14.6 Å². The van der Waals surface area contributed by atoms with Crippen LogP contribution in [0.2, 0.25) is 0 Å². The summed E-state index contributed by atoms with van der Waals surface area (Å²) in [4.78, 5) is 17.1. The maximum absolute atomic E-state index is 12.7. The van der Waals surface area contributed by atoms with E-state index in [1.807, 2.05) is 51.1 Å². The molecule has 0 atom stereocenters. The Bertz CT molecular complexity index is 931. The van der Waals surface area contributed by atoms with Crippen molar-refractivity contribution in [2.45, 2.75) is 33.6 Å². The van der Waals surface area contributed by atoms with Crippen molar-refractivity contribution < 1.29 is 14.1 Å². The van der Waals surface area contributed by atoms with Crippen molar-refractivity contribution in [2.75, 3.05) is 13.2 Å². The average Bonchev–Trinajstić information content (AvgIpc) is 2.99. The third kappa shape index (κ3) is 3.85. The molecule has 1 aromatic carbocycles. The van der Waals surface area contributed by atoms with Gasteiger partial charge in [-0.15, -0.1) is 0 Å². The molecule has 2 aromatic heterocycles. The number of aromatic nitrogens is 2. The molecule has 2 heterocycles. The Labute approximate surface area is 152 Å². The molecule has 0 bridgehead atoms. The molecule has 6 nitrogen and oxygen atoms in total. The van der Waals surface area contributed by atoms with E-state index >= 15 is 0 Å². The standard InChI is InChI=1S/C20H23N3O3/c1-12(2)17-11-16(18-14(4)23-26-20(18)22-17)19(24)21-8-9-25-15-7-5-6-13(3)10-15/h5-7,10-12H,8-9H2,1-4H3,(H,21,24). The van der Waals surface area contributed by atoms with Gasteiger partial charge in [-0.1, -0.05) is 31.1 Å². The summed E-state index contributed by atoms with van der Waals surface area (Å²) < 4.78 is 10.9. The van der Waals surface area contributed by atoms with Gasteiger partial charge >= 0.3 is 0 Å². The number of nitrogens with zero attached hydrogens (tertiary/aromatic N) is 2. The molecule has 0 aliphatic heterocycles. The Balaban J connectivity index is 1.70. The van der Waals surface area contributed by atoms with E-state index in [0.29, 0.717) is 35.5 Å². The lowest BCUT2D eigenvalue weighted by atomic mass is 10.0. The van der Waals surface area contributed by atoms with E-state index in [0.717, 1.165) is 17.0 Å². The van der Waals surface area contributed by atoms with E-state index in [-0.39, 0.29) is 11.8 Å². The van der Waals surface area contributed by atoms with Crippen LogP contribution in [0.1, 0.15) is 47.1 Å². The lowest BCUT2D eigenvalue weighted by Gasteiger charge is -2.10. The largest absolute Gasteiger partial charge is 0.492 e. The van der Waals surface area contributed by atoms with Crippen LogP contribution in [0.25, 0.3) is 11.1 Å². The molecule has 136 valence electrons. The van der Waals surface area contributed by atoms with Crippen molar-refractivity contribution in [1.82, 2.24) is 15.5 Å². The molecule has 0 aliphatic carbocycles. The summed E-state index contributed by atoms with van der Waals surface area (Å²) >= 11 is 0. The average molecular weight is 353 g/mol. The molecule has 0 radical (unpaired) electrons. The quantitative estimate of drug-likeness (QED) is 0.683. The Morgan fingerprint density at radius 3 is 2.81 bits per heavy atom. The van der Waals surface area contributed by atoms with Gasteiger partial charge in [-0.25, -0.2) is 4.98 Å². The molecule has 3 aromatic rings. The number of nitrogens with one attached hydrogen (secondary N) is 1. The van der Waals surface area contributed by atoms with Gasteiger partial charge in [-0.2, -0.15) is 0 Å². The van der Waals surface area contributed by atoms with E-state index in [4.69, 9.17) is 9.26 Å². The number of ether oxygens (including phenoxy) is 1. The molecule has 1 N–H and O–H groups in total. The predicted octanol–water partition coefficient (Wildman–Crippen LogP) is 3.77. The fourth-order valence-corrected chi connectivity index (χ4v) is 2.72. The Hall–Kier alpha value is -2.89. The Morgan fingerprint density at radius 1 is 1.27 bits per heavy atom. The van der Waals surface area contributed by atoms with Crippen LogP contribution in [0.4, 0.5) is 0 Å². The summed E-state index contributed by atoms with van der Waals surface area (Å²) in [5.74, 6) is 0.793. The summed E-state index contributed by atoms with van der Waals surface area (Å²) in [5.41, 5.74) is 3.52. The van der Waals surface area contributed by atoms with Gasteiger partial charge in [-0.3, -0.25) is 4.79 Å². The SMILES string of the molecule is Cc1cccc(OCCNC(=O)c2cc(C(C)C)nc3onc(C)c23)c1. The monoisotopic (exact) mass is 353 g/mol. The molecule has 0 unspecified atom stereocenters. The number of hydrogen-bond acceptors (Lipinski definition) is 5. The molecule has 3 rings (SSSR count). The van der Waals surface area contributed by atoms with Crippen molar-refractivity contribution >= 4 is 17.0 Å². The highest BCUT2D eigenvalue weighted by molar-refractivity contribution is 6.06. The van der Waals surface area contributed by atoms with Crippen LogP contribution in [0, 0.1) is 13.8 Å². The van der Waals surface area contributed by atoms with E-state index in [1.165, 1.54) is 0 Å². The molecule has 0 saturated carbocycles. The number of hydrogen-bond donors (Lipinski definition) is 1. The van der Waals surface area contributed by atoms with Crippen LogP contribution in [0.5, 0.6) is 5.75 Å². The highest BCUT2D eigenvalue weighted by Gasteiger charge is 2.19. The number of rotatable bonds is 6. The first kappa shape index (κ1) is 17.9. The number of pyridine rings is 1. The maximum atomic E-state index is 12.7. The summed E-state index contributed by atoms with van der Waals surface area (Å²) in [6, 6.07) is 9.63. The van der Waals surface area contributed by atoms with E-state index in [2.05, 4.69) is 15.5 Å². The zero-order valence-electron chi connectivity index (χ0n) is 15.5. The number of benzene rings is 1. The van der Waals surface area contributed by atoms with Gasteiger partial charge in [0.15, 0.2) is 0 Å². The minimum Gasteiger partial charge on any atom is -0.492 e. The van der Waals surface area contributed by atoms with Gasteiger partial charge in [0.05, 0.1) is 23.2 Å². The van der Waals surface area contributed by atoms with Crippen LogP contribution in [0.3, 0.4) is 0 Å². The molecule has 0 spiro atoms. The lowest BCUT2D eigenvalue weighted by Crippen LogP contribution is -2.28. The summed E-state index contributed by atoms with van der Waals surface area (Å²) in [7, 11) is 0. The second kappa shape index (κ2) is 7.56. The minimum atomic E-state index is -0.182. The van der Waals surface area contributed by atoms with Gasteiger partial charge in [0.25, 0.3) is 11.6 Å². The number of carbonyl (C=O) groups is 1. The van der Waals surface area contributed by atoms with Crippen LogP contribution >= 0.6 is 0 Å². The van der Waals surface area contributed by atoms with Gasteiger partial charge in [0.1, 0.15) is 12.4 Å². The zero-order valence-corrected chi connectivity index (χ0v) is 15.5. The molecule has 6 heteroatoms. The zero-order chi connectivity index (χ0) is 18.7. The minimum absolute atomic E-state index is 0.181. The van der Waals surface area contributed by atoms with Crippen LogP contribution in [0.15, 0.2) is 34.9 Å². The second-order valence-electron chi connectivity index (χ2n) is 6.62. The fourth-order valence-electron chi connectivity index (χ4n) is 2.72. The van der Waals surface area contributed by atoms with Crippen molar-refractivity contribution in [2.24, 2.45) is 0 Å². The van der Waals surface area contributed by atoms with Crippen LogP contribution in [-0.4, -0.2) is 29.2 Å². The van der Waals surface area contributed by atoms with E-state index < -0.39 is 0 Å². The van der Waals surface area contributed by atoms with Crippen molar-refractivity contribution in [3.63, 3.8) is 0 Å². The third-order valence-corrected chi connectivity index (χ3v) is 4.12. The van der Waals surface area contributed by atoms with E-state index in [9.17, 15) is 4.79 Å². The highest BCUT2D eigenvalue weighted by atomic mass is 16.5. The van der Waals surface area contributed by atoms with Crippen molar-refractivity contribution in [3.8, 4) is 5.75 Å². The second-order valence-corrected chi connectivity index (χ2v) is 6.62. The third-order valence-electron chi connectivity index (χ3n) is 4.12. The Kier molecular flexibility index (Phi) is 5.21. The highest BCUT2D eigenvalue weighted by Crippen LogP contribution is 2.25. The summed E-state index contributed by atoms with van der Waals surface area (Å²) in [6.07, 6.45) is 0. The van der Waals surface area contributed by atoms with Crippen molar-refractivity contribution in [1.29, 1.82) is 0 Å². The first-order valence-corrected chi connectivity index (χ1v) is 8.70. The molecule has 26 heavy (non-hydrogen) atoms. The van der Waals surface area contributed by atoms with Crippen LogP contribution in [-0.2, 0) is 0 Å². The summed E-state index contributed by atoms with van der Waals surface area (Å²) in [6.45, 7) is 8.65. The first-order valence-electron chi connectivity index (χ1n) is 8.70. The van der Waals surface area contributed by atoms with Gasteiger partial charge in [0, 0.05) is 5.69 Å². The molecular formula is C20H23N3O3. The molecular weight excluding hydrogens is 330 g/mol. The van der Waals surface area contributed by atoms with Gasteiger partial charge in [-0.05, 0) is 43.5 Å². The summed E-state index contributed by atoms with van der Waals surface area (Å²) in [5, 5.41) is 7.50. The topological polar surface area (TPSA) is 77.2 Å². The van der Waals surface area contributed by atoms with Crippen LogP contribution < -0.4 is 10.1 Å². The first-order chi connectivity index (χ1) is 12.5. The maximum Gasteiger partial charge on any atom is 0.259 e. The smallest absolute Gasteiger partial charge is 0.259 e. The molecule has 1 amide bonds. The lowest BCUT2D eigenvalue weighted by molar-refractivity contribution is 0.0948. The molecule has 0 saturated heterocycles. The number of aryl methyl sites for hydroxylation is 2. The molecule has 0 fully saturated rings. The molecule has 0 aliphatic rings. The number of amides is 1. The van der Waals surface area contributed by atoms with E-state index in [1.54, 1.807) is 6.92 Å². The number of fused-ring (bicyclic) bond motifs is 1. The predicted molar refractivity (Wildman–Crippen MR) is 99.6 cm³/mol. The Morgan fingerprint density at radius 2 is 2.08 bits per heavy atom. The van der Waals surface area contributed by atoms with Crippen molar-refractivity contribution in [3.05, 3.63) is 52.8 Å². The van der Waals surface area contributed by atoms with Gasteiger partial charge in [0.2, 0.25) is 0 Å². The number of carbonyl (C=O) groups excluding carboxylic acids is 1.